The number of nitrogens with one attached hydrogen (secondary N) is 2. The van der Waals surface area contributed by atoms with E-state index in [1.54, 1.807) is 36.8 Å². The van der Waals surface area contributed by atoms with Crippen molar-refractivity contribution >= 4 is 39.9 Å². The summed E-state index contributed by atoms with van der Waals surface area (Å²) in [6.45, 7) is 0.448. The van der Waals surface area contributed by atoms with Gasteiger partial charge < -0.3 is 10.1 Å². The number of halogens is 1. The summed E-state index contributed by atoms with van der Waals surface area (Å²) < 4.78 is 5.30. The summed E-state index contributed by atoms with van der Waals surface area (Å²) >= 11 is 7.01. The second kappa shape index (κ2) is 9.34. The Hall–Kier alpha value is -2.90. The fourth-order valence-electron chi connectivity index (χ4n) is 2.52. The van der Waals surface area contributed by atoms with Crippen molar-refractivity contribution in [3.05, 3.63) is 75.8 Å². The third-order valence-corrected chi connectivity index (χ3v) is 4.95. The van der Waals surface area contributed by atoms with E-state index < -0.39 is 0 Å². The molecule has 0 saturated heterocycles. The van der Waals surface area contributed by atoms with Crippen molar-refractivity contribution < 1.29 is 14.3 Å². The Morgan fingerprint density at radius 2 is 1.86 bits per heavy atom. The van der Waals surface area contributed by atoms with Crippen LogP contribution in [-0.4, -0.2) is 30.5 Å². The third-order valence-electron chi connectivity index (χ3n) is 3.94. The molecule has 3 rings (SSSR count). The van der Waals surface area contributed by atoms with Crippen LogP contribution in [0.2, 0.25) is 5.02 Å². The highest BCUT2D eigenvalue weighted by atomic mass is 35.5. The van der Waals surface area contributed by atoms with Crippen LogP contribution in [0, 0.1) is 0 Å². The summed E-state index contributed by atoms with van der Waals surface area (Å²) in [5.41, 5.74) is 1.73. The van der Waals surface area contributed by atoms with Gasteiger partial charge in [-0.3, -0.25) is 14.9 Å². The maximum atomic E-state index is 12.3. The number of benzene rings is 2. The zero-order chi connectivity index (χ0) is 19.9. The standard InChI is InChI=1S/C20H18ClN3O3S/c1-27-17-5-3-2-4-13(17)10-11-22-19(26)16-12-28-20(23-16)24-18(25)14-6-8-15(21)9-7-14/h2-9,12H,10-11H2,1H3,(H,22,26)(H,23,24,25). The van der Waals surface area contributed by atoms with Crippen molar-refractivity contribution in [3.8, 4) is 5.75 Å². The van der Waals surface area contributed by atoms with Crippen LogP contribution in [0.25, 0.3) is 0 Å². The van der Waals surface area contributed by atoms with Gasteiger partial charge in [0.2, 0.25) is 0 Å². The first-order chi connectivity index (χ1) is 13.6. The first-order valence-electron chi connectivity index (χ1n) is 8.49. The Labute approximate surface area is 171 Å². The van der Waals surface area contributed by atoms with Crippen molar-refractivity contribution in [2.75, 3.05) is 19.0 Å². The van der Waals surface area contributed by atoms with Crippen LogP contribution in [0.3, 0.4) is 0 Å². The van der Waals surface area contributed by atoms with E-state index >= 15 is 0 Å². The van der Waals surface area contributed by atoms with Gasteiger partial charge in [-0.15, -0.1) is 11.3 Å². The lowest BCUT2D eigenvalue weighted by atomic mass is 10.1. The fourth-order valence-corrected chi connectivity index (χ4v) is 3.33. The Bertz CT molecular complexity index is 973. The second-order valence-electron chi connectivity index (χ2n) is 5.82. The minimum atomic E-state index is -0.311. The molecule has 6 nitrogen and oxygen atoms in total. The number of hydrogen-bond acceptors (Lipinski definition) is 5. The number of methoxy groups -OCH3 is 1. The van der Waals surface area contributed by atoms with Gasteiger partial charge in [0.15, 0.2) is 5.13 Å². The molecule has 0 unspecified atom stereocenters. The molecular formula is C20H18ClN3O3S. The number of para-hydroxylation sites is 1. The van der Waals surface area contributed by atoms with E-state index in [1.807, 2.05) is 24.3 Å². The minimum Gasteiger partial charge on any atom is -0.496 e. The van der Waals surface area contributed by atoms with Gasteiger partial charge >= 0.3 is 0 Å². The van der Waals surface area contributed by atoms with Crippen LogP contribution in [0.1, 0.15) is 26.4 Å². The molecule has 0 saturated carbocycles. The van der Waals surface area contributed by atoms with E-state index in [2.05, 4.69) is 15.6 Å². The third kappa shape index (κ3) is 5.09. The van der Waals surface area contributed by atoms with Gasteiger partial charge in [0.05, 0.1) is 7.11 Å². The molecule has 3 aromatic rings. The van der Waals surface area contributed by atoms with Crippen molar-refractivity contribution in [3.63, 3.8) is 0 Å². The lowest BCUT2D eigenvalue weighted by Gasteiger charge is -2.08. The normalized spacial score (nSPS) is 10.4. The summed E-state index contributed by atoms with van der Waals surface area (Å²) in [6.07, 6.45) is 0.639. The van der Waals surface area contributed by atoms with Crippen molar-refractivity contribution in [1.29, 1.82) is 0 Å². The number of anilines is 1. The van der Waals surface area contributed by atoms with Crippen LogP contribution in [0.5, 0.6) is 5.75 Å². The van der Waals surface area contributed by atoms with Crippen LogP contribution in [0.15, 0.2) is 53.9 Å². The number of nitrogens with zero attached hydrogens (tertiary/aromatic N) is 1. The summed E-state index contributed by atoms with van der Waals surface area (Å²) in [6, 6.07) is 14.2. The molecule has 0 fully saturated rings. The van der Waals surface area contributed by atoms with Gasteiger partial charge in [0.25, 0.3) is 11.8 Å². The predicted octanol–water partition coefficient (Wildman–Crippen LogP) is 4.03. The average molecular weight is 416 g/mol. The molecule has 2 aromatic carbocycles. The van der Waals surface area contributed by atoms with E-state index in [4.69, 9.17) is 16.3 Å². The minimum absolute atomic E-state index is 0.261. The molecule has 0 spiro atoms. The lowest BCUT2D eigenvalue weighted by molar-refractivity contribution is 0.0948. The van der Waals surface area contributed by atoms with E-state index in [1.165, 1.54) is 11.3 Å². The SMILES string of the molecule is COc1ccccc1CCNC(=O)c1csc(NC(=O)c2ccc(Cl)cc2)n1. The topological polar surface area (TPSA) is 80.3 Å². The van der Waals surface area contributed by atoms with E-state index in [0.29, 0.717) is 28.7 Å². The number of rotatable bonds is 7. The highest BCUT2D eigenvalue weighted by Gasteiger charge is 2.13. The Kier molecular flexibility index (Phi) is 6.62. The summed E-state index contributed by atoms with van der Waals surface area (Å²) in [7, 11) is 1.62. The molecule has 28 heavy (non-hydrogen) atoms. The van der Waals surface area contributed by atoms with Gasteiger partial charge in [-0.25, -0.2) is 4.98 Å². The van der Waals surface area contributed by atoms with Crippen molar-refractivity contribution in [2.24, 2.45) is 0 Å². The zero-order valence-electron chi connectivity index (χ0n) is 15.1. The smallest absolute Gasteiger partial charge is 0.270 e. The maximum Gasteiger partial charge on any atom is 0.270 e. The zero-order valence-corrected chi connectivity index (χ0v) is 16.6. The molecule has 144 valence electrons. The second-order valence-corrected chi connectivity index (χ2v) is 7.11. The highest BCUT2D eigenvalue weighted by molar-refractivity contribution is 7.14. The molecule has 0 aliphatic rings. The molecule has 1 heterocycles. The van der Waals surface area contributed by atoms with Gasteiger partial charge in [-0.2, -0.15) is 0 Å². The highest BCUT2D eigenvalue weighted by Crippen LogP contribution is 2.19. The number of hydrogen-bond donors (Lipinski definition) is 2. The van der Waals surface area contributed by atoms with Crippen LogP contribution in [0.4, 0.5) is 5.13 Å². The quantitative estimate of drug-likeness (QED) is 0.610. The monoisotopic (exact) mass is 415 g/mol. The molecule has 2 N–H and O–H groups in total. The largest absolute Gasteiger partial charge is 0.496 e. The average Bonchev–Trinajstić information content (AvgIpc) is 3.17. The van der Waals surface area contributed by atoms with Gasteiger partial charge in [-0.05, 0) is 42.3 Å². The molecule has 0 radical (unpaired) electrons. The molecule has 0 aliphatic heterocycles. The Morgan fingerprint density at radius 1 is 1.11 bits per heavy atom. The fraction of sp³-hybridized carbons (Fsp3) is 0.150. The van der Waals surface area contributed by atoms with Crippen LogP contribution >= 0.6 is 22.9 Å². The van der Waals surface area contributed by atoms with Crippen molar-refractivity contribution in [1.82, 2.24) is 10.3 Å². The van der Waals surface area contributed by atoms with Gasteiger partial charge in [0, 0.05) is 22.5 Å². The van der Waals surface area contributed by atoms with E-state index in [0.717, 1.165) is 11.3 Å². The summed E-state index contributed by atoms with van der Waals surface area (Å²) in [5.74, 6) is 0.185. The Balaban J connectivity index is 1.53. The number of aromatic nitrogens is 1. The predicted molar refractivity (Wildman–Crippen MR) is 111 cm³/mol. The molecule has 0 atom stereocenters. The number of thiazole rings is 1. The summed E-state index contributed by atoms with van der Waals surface area (Å²) in [5, 5.41) is 8.02. The molecule has 1 aromatic heterocycles. The lowest BCUT2D eigenvalue weighted by Crippen LogP contribution is -2.26. The molecule has 2 amide bonds. The molecular weight excluding hydrogens is 398 g/mol. The number of amides is 2. The van der Waals surface area contributed by atoms with Gasteiger partial charge in [0.1, 0.15) is 11.4 Å². The maximum absolute atomic E-state index is 12.3. The van der Waals surface area contributed by atoms with Crippen molar-refractivity contribution in [2.45, 2.75) is 6.42 Å². The van der Waals surface area contributed by atoms with Gasteiger partial charge in [-0.1, -0.05) is 29.8 Å². The Morgan fingerprint density at radius 3 is 2.61 bits per heavy atom. The molecule has 0 aliphatic carbocycles. The molecule has 8 heteroatoms. The number of carbonyl (C=O) groups is 2. The van der Waals surface area contributed by atoms with Crippen LogP contribution < -0.4 is 15.4 Å². The van der Waals surface area contributed by atoms with E-state index in [9.17, 15) is 9.59 Å². The first kappa shape index (κ1) is 19.9. The molecule has 0 bridgehead atoms. The number of carbonyl (C=O) groups excluding carboxylic acids is 2. The summed E-state index contributed by atoms with van der Waals surface area (Å²) in [4.78, 5) is 28.6. The number of ether oxygens (including phenoxy) is 1. The van der Waals surface area contributed by atoms with Crippen LogP contribution in [-0.2, 0) is 6.42 Å². The van der Waals surface area contributed by atoms with E-state index in [-0.39, 0.29) is 17.5 Å². The first-order valence-corrected chi connectivity index (χ1v) is 9.75.